The highest BCUT2D eigenvalue weighted by molar-refractivity contribution is 6.30. The molecule has 0 saturated carbocycles. The molecule has 1 N–H and O–H groups in total. The summed E-state index contributed by atoms with van der Waals surface area (Å²) < 4.78 is 27.2. The number of likely N-dealkylation sites (tertiary alicyclic amines) is 1. The van der Waals surface area contributed by atoms with E-state index in [-0.39, 0.29) is 16.6 Å². The average Bonchev–Trinajstić information content (AvgIpc) is 2.86. The van der Waals surface area contributed by atoms with Crippen molar-refractivity contribution in [3.05, 3.63) is 34.4 Å². The number of carbonyl (C=O) groups is 1. The molecule has 2 atom stereocenters. The third kappa shape index (κ3) is 2.40. The van der Waals surface area contributed by atoms with E-state index in [1.165, 1.54) is 0 Å². The number of nitrogens with one attached hydrogen (secondary N) is 1. The molecule has 0 aliphatic carbocycles. The van der Waals surface area contributed by atoms with Crippen LogP contribution >= 0.6 is 11.6 Å². The normalized spacial score (nSPS) is 25.6. The minimum atomic E-state index is -0.774. The van der Waals surface area contributed by atoms with Gasteiger partial charge in [-0.2, -0.15) is 0 Å². The van der Waals surface area contributed by atoms with E-state index in [2.05, 4.69) is 5.32 Å². The summed E-state index contributed by atoms with van der Waals surface area (Å²) in [6.45, 7) is 2.10. The first-order chi connectivity index (χ1) is 9.56. The molecular weight excluding hydrogens is 286 g/mol. The van der Waals surface area contributed by atoms with E-state index in [1.807, 2.05) is 0 Å². The Kier molecular flexibility index (Phi) is 3.65. The van der Waals surface area contributed by atoms with E-state index in [0.717, 1.165) is 31.5 Å². The van der Waals surface area contributed by atoms with Crippen LogP contribution < -0.4 is 5.32 Å². The Bertz CT molecular complexity index is 538. The van der Waals surface area contributed by atoms with Gasteiger partial charge in [0, 0.05) is 19.1 Å². The number of benzene rings is 1. The minimum Gasteiger partial charge on any atom is -0.337 e. The average molecular weight is 301 g/mol. The van der Waals surface area contributed by atoms with Crippen molar-refractivity contribution in [2.24, 2.45) is 5.92 Å². The van der Waals surface area contributed by atoms with Gasteiger partial charge in [-0.15, -0.1) is 0 Å². The smallest absolute Gasteiger partial charge is 0.257 e. The summed E-state index contributed by atoms with van der Waals surface area (Å²) in [4.78, 5) is 13.9. The fourth-order valence-corrected chi connectivity index (χ4v) is 3.22. The Labute approximate surface area is 120 Å². The monoisotopic (exact) mass is 300 g/mol. The summed E-state index contributed by atoms with van der Waals surface area (Å²) >= 11 is 5.50. The van der Waals surface area contributed by atoms with Crippen molar-refractivity contribution in [1.82, 2.24) is 10.2 Å². The molecule has 0 radical (unpaired) electrons. The maximum absolute atomic E-state index is 13.8. The Morgan fingerprint density at radius 1 is 1.30 bits per heavy atom. The molecular formula is C14H15ClF2N2O. The summed E-state index contributed by atoms with van der Waals surface area (Å²) in [6.07, 6.45) is 2.16. The number of nitrogens with zero attached hydrogens (tertiary/aromatic N) is 1. The van der Waals surface area contributed by atoms with Crippen molar-refractivity contribution in [3.8, 4) is 0 Å². The molecule has 108 valence electrons. The second-order valence-electron chi connectivity index (χ2n) is 5.42. The maximum Gasteiger partial charge on any atom is 0.257 e. The van der Waals surface area contributed by atoms with Crippen LogP contribution in [0.2, 0.25) is 5.02 Å². The van der Waals surface area contributed by atoms with Crippen molar-refractivity contribution >= 4 is 17.5 Å². The van der Waals surface area contributed by atoms with Crippen LogP contribution in [0.3, 0.4) is 0 Å². The molecule has 2 aliphatic heterocycles. The van der Waals surface area contributed by atoms with Crippen molar-refractivity contribution in [1.29, 1.82) is 0 Å². The Morgan fingerprint density at radius 3 is 2.85 bits per heavy atom. The van der Waals surface area contributed by atoms with Crippen LogP contribution in [0.25, 0.3) is 0 Å². The van der Waals surface area contributed by atoms with E-state index in [1.54, 1.807) is 4.90 Å². The zero-order chi connectivity index (χ0) is 14.3. The highest BCUT2D eigenvalue weighted by Gasteiger charge is 2.37. The lowest BCUT2D eigenvalue weighted by atomic mass is 9.94. The van der Waals surface area contributed by atoms with Crippen LogP contribution in [0.1, 0.15) is 23.2 Å². The number of carbonyl (C=O) groups excluding carboxylic acids is 1. The van der Waals surface area contributed by atoms with E-state index in [0.29, 0.717) is 19.0 Å². The fourth-order valence-electron chi connectivity index (χ4n) is 3.07. The lowest BCUT2D eigenvalue weighted by Gasteiger charge is -2.24. The molecule has 2 aliphatic rings. The van der Waals surface area contributed by atoms with Gasteiger partial charge < -0.3 is 10.2 Å². The van der Waals surface area contributed by atoms with Crippen molar-refractivity contribution in [2.75, 3.05) is 19.6 Å². The second-order valence-corrected chi connectivity index (χ2v) is 5.83. The molecule has 2 heterocycles. The molecule has 2 saturated heterocycles. The SMILES string of the molecule is O=C(c1cc(F)c(Cl)cc1F)N1C[C@@H]2CCCN[C@@H]2C1. The van der Waals surface area contributed by atoms with Gasteiger partial charge in [-0.1, -0.05) is 11.6 Å². The van der Waals surface area contributed by atoms with E-state index in [4.69, 9.17) is 11.6 Å². The van der Waals surface area contributed by atoms with Gasteiger partial charge in [0.25, 0.3) is 5.91 Å². The highest BCUT2D eigenvalue weighted by atomic mass is 35.5. The Balaban J connectivity index is 1.81. The number of halogens is 3. The first-order valence-electron chi connectivity index (χ1n) is 6.73. The van der Waals surface area contributed by atoms with Crippen LogP contribution in [-0.4, -0.2) is 36.5 Å². The summed E-state index contributed by atoms with van der Waals surface area (Å²) in [5.41, 5.74) is -0.245. The Morgan fingerprint density at radius 2 is 2.10 bits per heavy atom. The topological polar surface area (TPSA) is 32.3 Å². The van der Waals surface area contributed by atoms with E-state index < -0.39 is 17.5 Å². The lowest BCUT2D eigenvalue weighted by molar-refractivity contribution is 0.0780. The molecule has 1 aromatic carbocycles. The van der Waals surface area contributed by atoms with Gasteiger partial charge in [0.05, 0.1) is 10.6 Å². The largest absolute Gasteiger partial charge is 0.337 e. The van der Waals surface area contributed by atoms with Crippen LogP contribution in [0.5, 0.6) is 0 Å². The molecule has 3 rings (SSSR count). The van der Waals surface area contributed by atoms with Crippen LogP contribution in [0.15, 0.2) is 12.1 Å². The van der Waals surface area contributed by atoms with Crippen LogP contribution in [-0.2, 0) is 0 Å². The van der Waals surface area contributed by atoms with Gasteiger partial charge in [-0.3, -0.25) is 4.79 Å². The van der Waals surface area contributed by atoms with E-state index in [9.17, 15) is 13.6 Å². The number of hydrogen-bond donors (Lipinski definition) is 1. The summed E-state index contributed by atoms with van der Waals surface area (Å²) in [5, 5.41) is 3.06. The van der Waals surface area contributed by atoms with E-state index >= 15 is 0 Å². The summed E-state index contributed by atoms with van der Waals surface area (Å²) in [6, 6.07) is 2.01. The molecule has 2 fully saturated rings. The lowest BCUT2D eigenvalue weighted by Crippen LogP contribution is -2.41. The fraction of sp³-hybridized carbons (Fsp3) is 0.500. The van der Waals surface area contributed by atoms with Crippen LogP contribution in [0.4, 0.5) is 8.78 Å². The molecule has 0 aromatic heterocycles. The zero-order valence-electron chi connectivity index (χ0n) is 10.8. The van der Waals surface area contributed by atoms with Gasteiger partial charge in [-0.05, 0) is 37.4 Å². The Hall–Kier alpha value is -1.20. The molecule has 1 amide bonds. The number of amides is 1. The molecule has 0 unspecified atom stereocenters. The quantitative estimate of drug-likeness (QED) is 0.808. The van der Waals surface area contributed by atoms with Gasteiger partial charge >= 0.3 is 0 Å². The van der Waals surface area contributed by atoms with Crippen LogP contribution in [0, 0.1) is 17.6 Å². The van der Waals surface area contributed by atoms with Gasteiger partial charge in [0.15, 0.2) is 0 Å². The third-order valence-corrected chi connectivity index (χ3v) is 4.42. The number of fused-ring (bicyclic) bond motifs is 1. The summed E-state index contributed by atoms with van der Waals surface area (Å²) in [7, 11) is 0. The number of hydrogen-bond acceptors (Lipinski definition) is 2. The first kappa shape index (κ1) is 13.8. The van der Waals surface area contributed by atoms with Gasteiger partial charge in [0.1, 0.15) is 11.6 Å². The summed E-state index contributed by atoms with van der Waals surface area (Å²) in [5.74, 6) is -1.60. The standard InChI is InChI=1S/C14H15ClF2N2O/c15-10-5-11(16)9(4-12(10)17)14(20)19-6-8-2-1-3-18-13(8)7-19/h4-5,8,13,18H,1-3,6-7H2/t8-,13+/m0/s1. The first-order valence-corrected chi connectivity index (χ1v) is 7.11. The number of piperidine rings is 1. The molecule has 0 spiro atoms. The van der Waals surface area contributed by atoms with Crippen molar-refractivity contribution in [2.45, 2.75) is 18.9 Å². The minimum absolute atomic E-state index is 0.245. The molecule has 1 aromatic rings. The second kappa shape index (κ2) is 5.30. The predicted octanol–water partition coefficient (Wildman–Crippen LogP) is 2.44. The highest BCUT2D eigenvalue weighted by Crippen LogP contribution is 2.27. The number of rotatable bonds is 1. The predicted molar refractivity (Wildman–Crippen MR) is 71.8 cm³/mol. The molecule has 6 heteroatoms. The molecule has 0 bridgehead atoms. The zero-order valence-corrected chi connectivity index (χ0v) is 11.6. The van der Waals surface area contributed by atoms with Gasteiger partial charge in [-0.25, -0.2) is 8.78 Å². The molecule has 20 heavy (non-hydrogen) atoms. The van der Waals surface area contributed by atoms with Crippen molar-refractivity contribution in [3.63, 3.8) is 0 Å². The third-order valence-electron chi connectivity index (χ3n) is 4.13. The molecule has 3 nitrogen and oxygen atoms in total. The van der Waals surface area contributed by atoms with Crippen molar-refractivity contribution < 1.29 is 13.6 Å². The maximum atomic E-state index is 13.8. The van der Waals surface area contributed by atoms with Gasteiger partial charge in [0.2, 0.25) is 0 Å².